The van der Waals surface area contributed by atoms with E-state index in [1.807, 2.05) is 30.2 Å². The molecule has 21 heavy (non-hydrogen) atoms. The van der Waals surface area contributed by atoms with Crippen LogP contribution in [0.4, 0.5) is 0 Å². The summed E-state index contributed by atoms with van der Waals surface area (Å²) in [6.45, 7) is 1.93. The third-order valence-electron chi connectivity index (χ3n) is 4.38. The van der Waals surface area contributed by atoms with Crippen molar-refractivity contribution in [2.45, 2.75) is 37.0 Å². The fourth-order valence-electron chi connectivity index (χ4n) is 3.10. The molecule has 0 bridgehead atoms. The van der Waals surface area contributed by atoms with Crippen molar-refractivity contribution in [2.75, 3.05) is 12.8 Å². The van der Waals surface area contributed by atoms with E-state index in [-0.39, 0.29) is 0 Å². The first kappa shape index (κ1) is 14.6. The van der Waals surface area contributed by atoms with E-state index in [1.165, 1.54) is 31.2 Å². The highest BCUT2D eigenvalue weighted by molar-refractivity contribution is 8.00. The van der Waals surface area contributed by atoms with Crippen molar-refractivity contribution in [1.82, 2.24) is 20.5 Å². The van der Waals surface area contributed by atoms with E-state index in [4.69, 9.17) is 0 Å². The first-order chi connectivity index (χ1) is 10.3. The second kappa shape index (κ2) is 6.62. The highest BCUT2D eigenvalue weighted by atomic mass is 32.2. The third-order valence-corrected chi connectivity index (χ3v) is 5.80. The highest BCUT2D eigenvalue weighted by Crippen LogP contribution is 2.39. The van der Waals surface area contributed by atoms with Crippen molar-refractivity contribution in [3.8, 4) is 11.3 Å². The van der Waals surface area contributed by atoms with Gasteiger partial charge in [0.2, 0.25) is 0 Å². The Morgan fingerprint density at radius 1 is 1.33 bits per heavy atom. The summed E-state index contributed by atoms with van der Waals surface area (Å²) >= 11 is 2.02. The van der Waals surface area contributed by atoms with Crippen molar-refractivity contribution in [3.05, 3.63) is 36.3 Å². The number of nitrogens with one attached hydrogen (secondary N) is 2. The molecule has 0 unspecified atom stereocenters. The second-order valence-electron chi connectivity index (χ2n) is 5.71. The van der Waals surface area contributed by atoms with E-state index in [0.29, 0.717) is 4.75 Å². The molecular formula is C16H22N4S. The van der Waals surface area contributed by atoms with Gasteiger partial charge in [0.1, 0.15) is 0 Å². The Balaban J connectivity index is 1.63. The number of nitrogens with zero attached hydrogens (tertiary/aromatic N) is 2. The fraction of sp³-hybridized carbons (Fsp3) is 0.500. The predicted molar refractivity (Wildman–Crippen MR) is 88.2 cm³/mol. The molecule has 1 aliphatic carbocycles. The number of pyridine rings is 1. The van der Waals surface area contributed by atoms with Crippen molar-refractivity contribution in [2.24, 2.45) is 0 Å². The van der Waals surface area contributed by atoms with Crippen LogP contribution in [0.3, 0.4) is 0 Å². The molecule has 0 amide bonds. The van der Waals surface area contributed by atoms with Gasteiger partial charge in [-0.1, -0.05) is 12.8 Å². The number of thioether (sulfide) groups is 1. The Morgan fingerprint density at radius 3 is 2.90 bits per heavy atom. The molecule has 1 aliphatic rings. The summed E-state index contributed by atoms with van der Waals surface area (Å²) in [5.41, 5.74) is 3.37. The molecule has 0 aliphatic heterocycles. The second-order valence-corrected chi connectivity index (χ2v) is 6.98. The van der Waals surface area contributed by atoms with Gasteiger partial charge in [0.25, 0.3) is 0 Å². The Kier molecular flexibility index (Phi) is 4.60. The van der Waals surface area contributed by atoms with Crippen LogP contribution in [0, 0.1) is 0 Å². The van der Waals surface area contributed by atoms with Crippen LogP contribution in [0.25, 0.3) is 11.3 Å². The van der Waals surface area contributed by atoms with Gasteiger partial charge in [-0.3, -0.25) is 10.1 Å². The third kappa shape index (κ3) is 3.30. The smallest absolute Gasteiger partial charge is 0.0710 e. The maximum Gasteiger partial charge on any atom is 0.0710 e. The van der Waals surface area contributed by atoms with Gasteiger partial charge in [-0.05, 0) is 31.2 Å². The molecule has 2 N–H and O–H groups in total. The van der Waals surface area contributed by atoms with E-state index in [1.54, 1.807) is 6.20 Å². The number of H-pyrrole nitrogens is 1. The Bertz CT molecular complexity index is 561. The van der Waals surface area contributed by atoms with Crippen LogP contribution in [0.15, 0.2) is 30.7 Å². The molecule has 0 saturated heterocycles. The van der Waals surface area contributed by atoms with Crippen LogP contribution in [-0.2, 0) is 6.54 Å². The van der Waals surface area contributed by atoms with E-state index in [0.717, 1.165) is 24.3 Å². The molecule has 0 aromatic carbocycles. The predicted octanol–water partition coefficient (Wildman–Crippen LogP) is 3.24. The van der Waals surface area contributed by atoms with Gasteiger partial charge < -0.3 is 5.32 Å². The summed E-state index contributed by atoms with van der Waals surface area (Å²) in [6.07, 6.45) is 13.2. The first-order valence-electron chi connectivity index (χ1n) is 7.51. The zero-order chi connectivity index (χ0) is 14.5. The van der Waals surface area contributed by atoms with Crippen molar-refractivity contribution in [3.63, 3.8) is 0 Å². The maximum atomic E-state index is 4.19. The summed E-state index contributed by atoms with van der Waals surface area (Å²) in [6, 6.07) is 4.01. The first-order valence-corrected chi connectivity index (χ1v) is 8.74. The van der Waals surface area contributed by atoms with E-state index in [2.05, 4.69) is 32.8 Å². The van der Waals surface area contributed by atoms with Gasteiger partial charge in [-0.2, -0.15) is 16.9 Å². The number of hydrogen-bond donors (Lipinski definition) is 2. The van der Waals surface area contributed by atoms with Gasteiger partial charge in [0.15, 0.2) is 0 Å². The number of hydrogen-bond acceptors (Lipinski definition) is 4. The van der Waals surface area contributed by atoms with Crippen LogP contribution in [0.2, 0.25) is 0 Å². The summed E-state index contributed by atoms with van der Waals surface area (Å²) in [7, 11) is 0. The molecule has 112 valence electrons. The quantitative estimate of drug-likeness (QED) is 0.860. The monoisotopic (exact) mass is 302 g/mol. The van der Waals surface area contributed by atoms with Crippen LogP contribution >= 0.6 is 11.8 Å². The summed E-state index contributed by atoms with van der Waals surface area (Å²) in [4.78, 5) is 4.18. The van der Waals surface area contributed by atoms with Gasteiger partial charge in [0.05, 0.1) is 11.9 Å². The van der Waals surface area contributed by atoms with Crippen LogP contribution in [0.1, 0.15) is 31.2 Å². The Hall–Kier alpha value is -1.33. The van der Waals surface area contributed by atoms with Crippen molar-refractivity contribution in [1.29, 1.82) is 0 Å². The van der Waals surface area contributed by atoms with E-state index >= 15 is 0 Å². The normalized spacial score (nSPS) is 17.2. The lowest BCUT2D eigenvalue weighted by atomic mass is 10.1. The summed E-state index contributed by atoms with van der Waals surface area (Å²) in [5.74, 6) is 0. The molecule has 1 saturated carbocycles. The number of aromatic nitrogens is 3. The molecule has 2 heterocycles. The minimum Gasteiger partial charge on any atom is -0.311 e. The molecule has 0 spiro atoms. The Morgan fingerprint density at radius 2 is 2.19 bits per heavy atom. The molecule has 1 fully saturated rings. The molecule has 3 rings (SSSR count). The zero-order valence-electron chi connectivity index (χ0n) is 12.4. The Labute approximate surface area is 130 Å². The largest absolute Gasteiger partial charge is 0.311 e. The fourth-order valence-corrected chi connectivity index (χ4v) is 4.05. The van der Waals surface area contributed by atoms with Crippen LogP contribution in [-0.4, -0.2) is 32.7 Å². The zero-order valence-corrected chi connectivity index (χ0v) is 13.2. The molecule has 2 aromatic rings. The van der Waals surface area contributed by atoms with E-state index < -0.39 is 0 Å². The van der Waals surface area contributed by atoms with Crippen molar-refractivity contribution >= 4 is 11.8 Å². The highest BCUT2D eigenvalue weighted by Gasteiger charge is 2.32. The topological polar surface area (TPSA) is 53.6 Å². The minimum atomic E-state index is 0.443. The molecule has 0 atom stereocenters. The molecule has 5 heteroatoms. The standard InChI is InChI=1S/C16H22N4S/c1-21-16(6-2-3-7-16)12-18-10-14-11-19-20-15(14)13-5-4-8-17-9-13/h4-5,8-9,11,18H,2-3,6-7,10,12H2,1H3,(H,19,20). The molecule has 4 nitrogen and oxygen atoms in total. The van der Waals surface area contributed by atoms with Gasteiger partial charge in [0, 0.05) is 41.4 Å². The lowest BCUT2D eigenvalue weighted by Crippen LogP contribution is -2.34. The lowest BCUT2D eigenvalue weighted by Gasteiger charge is -2.27. The van der Waals surface area contributed by atoms with Crippen molar-refractivity contribution < 1.29 is 0 Å². The maximum absolute atomic E-state index is 4.19. The molecular weight excluding hydrogens is 280 g/mol. The molecule has 2 aromatic heterocycles. The van der Waals surface area contributed by atoms with Gasteiger partial charge in [-0.25, -0.2) is 0 Å². The minimum absolute atomic E-state index is 0.443. The average molecular weight is 302 g/mol. The average Bonchev–Trinajstić information content (AvgIpc) is 3.18. The van der Waals surface area contributed by atoms with Gasteiger partial charge >= 0.3 is 0 Å². The lowest BCUT2D eigenvalue weighted by molar-refractivity contribution is 0.534. The van der Waals surface area contributed by atoms with Crippen LogP contribution in [0.5, 0.6) is 0 Å². The summed E-state index contributed by atoms with van der Waals surface area (Å²) in [5, 5.41) is 10.9. The molecule has 0 radical (unpaired) electrons. The number of rotatable bonds is 6. The van der Waals surface area contributed by atoms with E-state index in [9.17, 15) is 0 Å². The summed E-state index contributed by atoms with van der Waals surface area (Å²) < 4.78 is 0.443. The van der Waals surface area contributed by atoms with Gasteiger partial charge in [-0.15, -0.1) is 0 Å². The van der Waals surface area contributed by atoms with Crippen LogP contribution < -0.4 is 5.32 Å². The number of aromatic amines is 1. The SMILES string of the molecule is CSC1(CNCc2cn[nH]c2-c2cccnc2)CCCC1.